The van der Waals surface area contributed by atoms with E-state index in [1.807, 2.05) is 0 Å². The summed E-state index contributed by atoms with van der Waals surface area (Å²) in [5, 5.41) is 10.2. The predicted molar refractivity (Wildman–Crippen MR) is 119 cm³/mol. The number of carbonyl (C=O) groups excluding carboxylic acids is 1. The topological polar surface area (TPSA) is 95.0 Å². The summed E-state index contributed by atoms with van der Waals surface area (Å²) in [4.78, 5) is 18.0. The van der Waals surface area contributed by atoms with Crippen LogP contribution >= 0.6 is 11.6 Å². The van der Waals surface area contributed by atoms with E-state index in [9.17, 15) is 4.79 Å². The van der Waals surface area contributed by atoms with Gasteiger partial charge in [0.05, 0.1) is 10.6 Å². The van der Waals surface area contributed by atoms with Crippen LogP contribution in [0.25, 0.3) is 11.1 Å². The molecule has 1 fully saturated rings. The molecule has 0 aliphatic heterocycles. The maximum atomic E-state index is 15.1. The number of carbonyl (C=O) groups is 1. The van der Waals surface area contributed by atoms with E-state index < -0.39 is 11.7 Å². The summed E-state index contributed by atoms with van der Waals surface area (Å²) in [7, 11) is 3.10. The highest BCUT2D eigenvalue weighted by Crippen LogP contribution is 2.35. The molecule has 1 aliphatic carbocycles. The Kier molecular flexibility index (Phi) is 8.01. The fourth-order valence-electron chi connectivity index (χ4n) is 3.72. The summed E-state index contributed by atoms with van der Waals surface area (Å²) in [6.45, 7) is 6.63. The van der Waals surface area contributed by atoms with Crippen LogP contribution in [0.1, 0.15) is 36.5 Å². The number of pyridine rings is 1. The van der Waals surface area contributed by atoms with E-state index in [4.69, 9.17) is 22.6 Å². The zero-order valence-electron chi connectivity index (χ0n) is 17.5. The van der Waals surface area contributed by atoms with Crippen molar-refractivity contribution in [3.8, 4) is 17.7 Å². The highest BCUT2D eigenvalue weighted by molar-refractivity contribution is 6.33. The van der Waals surface area contributed by atoms with E-state index in [1.165, 1.54) is 42.5 Å². The third-order valence-corrected chi connectivity index (χ3v) is 5.63. The number of aromatic nitrogens is 1. The molecule has 1 heterocycles. The third kappa shape index (κ3) is 5.19. The van der Waals surface area contributed by atoms with E-state index in [1.54, 1.807) is 20.2 Å². The molecule has 3 N–H and O–H groups in total. The molecule has 0 bridgehead atoms. The lowest BCUT2D eigenvalue weighted by molar-refractivity contribution is 0.0824. The number of hydrogen-bond acceptors (Lipinski definition) is 5. The van der Waals surface area contributed by atoms with Crippen LogP contribution in [0.5, 0.6) is 0 Å². The van der Waals surface area contributed by atoms with E-state index in [0.29, 0.717) is 22.3 Å². The van der Waals surface area contributed by atoms with E-state index in [0.717, 1.165) is 12.5 Å². The molecule has 160 valence electrons. The standard InChI is InChI=1S/C21H26ClFN4O.CHN/c1-12-4-5-13(8-12)10-25-18-9-16(22)15(11-26-18)14-6-7-17(24)19(20(14)23)21(28)27(2)3;1-2/h6-7,9,11-13H,4-5,8,10,24H2,1-3H3,(H,25,26);1H. The Morgan fingerprint density at radius 3 is 2.63 bits per heavy atom. The van der Waals surface area contributed by atoms with E-state index in [2.05, 4.69) is 23.8 Å². The van der Waals surface area contributed by atoms with Gasteiger partial charge in [-0.05, 0) is 42.9 Å². The average Bonchev–Trinajstić information content (AvgIpc) is 3.14. The van der Waals surface area contributed by atoms with Gasteiger partial charge in [-0.25, -0.2) is 14.6 Å². The molecule has 2 unspecified atom stereocenters. The Balaban J connectivity index is 0.00000155. The first-order valence-electron chi connectivity index (χ1n) is 9.73. The van der Waals surface area contributed by atoms with Crippen LogP contribution in [0.15, 0.2) is 24.4 Å². The molecule has 2 atom stereocenters. The van der Waals surface area contributed by atoms with Crippen LogP contribution in [0.4, 0.5) is 15.9 Å². The average molecular weight is 432 g/mol. The number of nitrogens with one attached hydrogen (secondary N) is 1. The zero-order chi connectivity index (χ0) is 22.4. The largest absolute Gasteiger partial charge is 0.398 e. The fourth-order valence-corrected chi connectivity index (χ4v) is 3.98. The van der Waals surface area contributed by atoms with Crippen molar-refractivity contribution in [2.75, 3.05) is 31.7 Å². The molecule has 2 aromatic rings. The van der Waals surface area contributed by atoms with E-state index >= 15 is 4.39 Å². The Labute approximate surface area is 181 Å². The van der Waals surface area contributed by atoms with Crippen LogP contribution in [-0.2, 0) is 0 Å². The highest BCUT2D eigenvalue weighted by atomic mass is 35.5. The Morgan fingerprint density at radius 1 is 1.37 bits per heavy atom. The normalized spacial score (nSPS) is 17.7. The van der Waals surface area contributed by atoms with Gasteiger partial charge in [0.25, 0.3) is 5.91 Å². The van der Waals surface area contributed by atoms with Gasteiger partial charge in [0.1, 0.15) is 11.6 Å². The maximum absolute atomic E-state index is 15.1. The number of nitrogen functional groups attached to an aromatic ring is 1. The molecular formula is C22H27ClFN5O. The van der Waals surface area contributed by atoms with Crippen molar-refractivity contribution in [3.63, 3.8) is 0 Å². The summed E-state index contributed by atoms with van der Waals surface area (Å²) < 4.78 is 15.1. The molecule has 1 saturated carbocycles. The van der Waals surface area contributed by atoms with Crippen molar-refractivity contribution < 1.29 is 9.18 Å². The number of halogens is 2. The van der Waals surface area contributed by atoms with Crippen LogP contribution in [-0.4, -0.2) is 36.4 Å². The molecule has 1 aliphatic rings. The van der Waals surface area contributed by atoms with Gasteiger partial charge in [-0.2, -0.15) is 0 Å². The second kappa shape index (κ2) is 10.3. The second-order valence-corrected chi connectivity index (χ2v) is 8.21. The minimum absolute atomic E-state index is 0.0908. The monoisotopic (exact) mass is 431 g/mol. The molecule has 1 aromatic heterocycles. The zero-order valence-corrected chi connectivity index (χ0v) is 18.2. The molecular weight excluding hydrogens is 405 g/mol. The van der Waals surface area contributed by atoms with Crippen molar-refractivity contribution in [1.29, 1.82) is 5.26 Å². The number of benzene rings is 1. The lowest BCUT2D eigenvalue weighted by Crippen LogP contribution is -2.24. The third-order valence-electron chi connectivity index (χ3n) is 5.31. The smallest absolute Gasteiger partial charge is 0.258 e. The van der Waals surface area contributed by atoms with Crippen LogP contribution in [0.2, 0.25) is 5.02 Å². The number of nitrogens with two attached hydrogens (primary N) is 1. The summed E-state index contributed by atoms with van der Waals surface area (Å²) in [6.07, 6.45) is 5.24. The SMILES string of the molecule is C#N.CC1CCC(CNc2cc(Cl)c(-c3ccc(N)c(C(=O)N(C)C)c3F)cn2)C1. The van der Waals surface area contributed by atoms with Gasteiger partial charge in [-0.15, -0.1) is 0 Å². The van der Waals surface area contributed by atoms with Crippen LogP contribution in [0.3, 0.4) is 0 Å². The van der Waals surface area contributed by atoms with Gasteiger partial charge in [0.2, 0.25) is 0 Å². The molecule has 0 radical (unpaired) electrons. The van der Waals surface area contributed by atoms with Gasteiger partial charge in [0.15, 0.2) is 0 Å². The number of amides is 1. The number of nitrogens with zero attached hydrogens (tertiary/aromatic N) is 3. The summed E-state index contributed by atoms with van der Waals surface area (Å²) >= 11 is 6.42. The number of hydrogen-bond donors (Lipinski definition) is 2. The molecule has 30 heavy (non-hydrogen) atoms. The van der Waals surface area contributed by atoms with Gasteiger partial charge in [0, 0.05) is 50.2 Å². The first-order chi connectivity index (χ1) is 14.3. The molecule has 8 heteroatoms. The quantitative estimate of drug-likeness (QED) is 0.662. The Morgan fingerprint density at radius 2 is 2.07 bits per heavy atom. The summed E-state index contributed by atoms with van der Waals surface area (Å²) in [5.41, 5.74) is 6.39. The van der Waals surface area contributed by atoms with Crippen molar-refractivity contribution in [2.24, 2.45) is 11.8 Å². The molecule has 1 amide bonds. The minimum Gasteiger partial charge on any atom is -0.398 e. The van der Waals surface area contributed by atoms with Crippen LogP contribution in [0, 0.1) is 29.5 Å². The van der Waals surface area contributed by atoms with Crippen molar-refractivity contribution in [1.82, 2.24) is 9.88 Å². The van der Waals surface area contributed by atoms with Gasteiger partial charge in [-0.1, -0.05) is 24.9 Å². The molecule has 6 nitrogen and oxygen atoms in total. The molecule has 3 rings (SSSR count). The minimum atomic E-state index is -0.692. The predicted octanol–water partition coefficient (Wildman–Crippen LogP) is 4.81. The second-order valence-electron chi connectivity index (χ2n) is 7.81. The number of rotatable bonds is 5. The fraction of sp³-hybridized carbons (Fsp3) is 0.409. The van der Waals surface area contributed by atoms with Crippen molar-refractivity contribution in [3.05, 3.63) is 40.8 Å². The summed E-state index contributed by atoms with van der Waals surface area (Å²) in [5.74, 6) is 0.893. The number of nitriles is 1. The lowest BCUT2D eigenvalue weighted by Gasteiger charge is -2.16. The Hall–Kier alpha value is -2.85. The molecule has 1 aromatic carbocycles. The van der Waals surface area contributed by atoms with Crippen LogP contribution < -0.4 is 11.1 Å². The van der Waals surface area contributed by atoms with Crippen molar-refractivity contribution in [2.45, 2.75) is 26.2 Å². The van der Waals surface area contributed by atoms with E-state index in [-0.39, 0.29) is 16.8 Å². The van der Waals surface area contributed by atoms with Gasteiger partial charge >= 0.3 is 0 Å². The Bertz CT molecular complexity index is 931. The first kappa shape index (κ1) is 23.4. The molecule has 0 spiro atoms. The highest BCUT2D eigenvalue weighted by Gasteiger charge is 2.23. The molecule has 0 saturated heterocycles. The first-order valence-corrected chi connectivity index (χ1v) is 10.1. The maximum Gasteiger partial charge on any atom is 0.258 e. The number of anilines is 2. The van der Waals surface area contributed by atoms with Gasteiger partial charge in [-0.3, -0.25) is 4.79 Å². The van der Waals surface area contributed by atoms with Gasteiger partial charge < -0.3 is 16.0 Å². The summed E-state index contributed by atoms with van der Waals surface area (Å²) in [6, 6.07) is 4.73. The van der Waals surface area contributed by atoms with Crippen molar-refractivity contribution >= 4 is 29.0 Å². The lowest BCUT2D eigenvalue weighted by atomic mass is 10.0.